The number of hydrogen-bond acceptors (Lipinski definition) is 3. The Morgan fingerprint density at radius 1 is 1.11 bits per heavy atom. The van der Waals surface area contributed by atoms with Gasteiger partial charge in [-0.1, -0.05) is 39.8 Å². The molecule has 1 saturated heterocycles. The number of nitrogens with zero attached hydrogens (tertiary/aromatic N) is 1. The highest BCUT2D eigenvalue weighted by Crippen LogP contribution is 2.25. The summed E-state index contributed by atoms with van der Waals surface area (Å²) in [5.74, 6) is 0.596. The first-order valence-electron chi connectivity index (χ1n) is 10.3. The summed E-state index contributed by atoms with van der Waals surface area (Å²) in [6, 6.07) is 8.17. The molecule has 5 heteroatoms. The first-order chi connectivity index (χ1) is 12.8. The molecule has 0 bridgehead atoms. The van der Waals surface area contributed by atoms with Crippen LogP contribution in [0.1, 0.15) is 64.2 Å². The quantitative estimate of drug-likeness (QED) is 0.768. The van der Waals surface area contributed by atoms with Crippen LogP contribution in [0.4, 0.5) is 5.69 Å². The van der Waals surface area contributed by atoms with Crippen LogP contribution in [0.2, 0.25) is 0 Å². The summed E-state index contributed by atoms with van der Waals surface area (Å²) in [6.07, 6.45) is 2.67. The highest BCUT2D eigenvalue weighted by molar-refractivity contribution is 6.00. The van der Waals surface area contributed by atoms with Gasteiger partial charge in [0.25, 0.3) is 5.91 Å². The summed E-state index contributed by atoms with van der Waals surface area (Å²) in [5, 5.41) is 6.28. The number of amides is 2. The Labute approximate surface area is 163 Å². The van der Waals surface area contributed by atoms with Gasteiger partial charge in [-0.05, 0) is 44.2 Å². The highest BCUT2D eigenvalue weighted by atomic mass is 16.2. The molecule has 0 aliphatic carbocycles. The molecule has 2 atom stereocenters. The lowest BCUT2D eigenvalue weighted by molar-refractivity contribution is -0.125. The van der Waals surface area contributed by atoms with E-state index in [9.17, 15) is 9.59 Å². The van der Waals surface area contributed by atoms with E-state index in [-0.39, 0.29) is 29.8 Å². The number of hydrogen-bond donors (Lipinski definition) is 2. The number of carbonyl (C=O) groups is 2. The Balaban J connectivity index is 2.00. The second-order valence-corrected chi connectivity index (χ2v) is 8.10. The molecule has 1 aromatic carbocycles. The number of para-hydroxylation sites is 1. The van der Waals surface area contributed by atoms with E-state index in [1.807, 2.05) is 45.0 Å². The molecule has 0 aromatic heterocycles. The van der Waals surface area contributed by atoms with Gasteiger partial charge < -0.3 is 15.5 Å². The molecule has 1 aromatic rings. The lowest BCUT2D eigenvalue weighted by Gasteiger charge is -2.35. The van der Waals surface area contributed by atoms with Crippen LogP contribution in [-0.2, 0) is 4.79 Å². The maximum absolute atomic E-state index is 12.7. The summed E-state index contributed by atoms with van der Waals surface area (Å²) in [4.78, 5) is 27.1. The minimum Gasteiger partial charge on any atom is -0.371 e. The number of rotatable bonds is 7. The summed E-state index contributed by atoms with van der Waals surface area (Å²) >= 11 is 0. The molecule has 0 radical (unpaired) electrons. The van der Waals surface area contributed by atoms with E-state index in [0.29, 0.717) is 5.92 Å². The van der Waals surface area contributed by atoms with E-state index in [2.05, 4.69) is 29.4 Å². The molecule has 1 fully saturated rings. The van der Waals surface area contributed by atoms with Crippen LogP contribution in [0.15, 0.2) is 24.3 Å². The van der Waals surface area contributed by atoms with E-state index in [0.717, 1.165) is 43.6 Å². The summed E-state index contributed by atoms with van der Waals surface area (Å²) in [5.41, 5.74) is 1.71. The molecule has 2 rings (SSSR count). The average Bonchev–Trinajstić information content (AvgIpc) is 2.67. The Bertz CT molecular complexity index is 636. The van der Waals surface area contributed by atoms with E-state index in [1.54, 1.807) is 0 Å². The normalized spacial score (nSPS) is 17.5. The number of piperidine rings is 1. The molecule has 1 aliphatic heterocycles. The van der Waals surface area contributed by atoms with Crippen molar-refractivity contribution >= 4 is 17.5 Å². The van der Waals surface area contributed by atoms with Crippen LogP contribution in [0.25, 0.3) is 0 Å². The molecule has 0 spiro atoms. The first-order valence-corrected chi connectivity index (χ1v) is 10.3. The van der Waals surface area contributed by atoms with Crippen molar-refractivity contribution in [2.24, 2.45) is 11.8 Å². The van der Waals surface area contributed by atoms with Crippen LogP contribution in [0, 0.1) is 11.8 Å². The van der Waals surface area contributed by atoms with Crippen molar-refractivity contribution in [3.05, 3.63) is 29.8 Å². The fraction of sp³-hybridized carbons (Fsp3) is 0.636. The van der Waals surface area contributed by atoms with E-state index in [1.165, 1.54) is 0 Å². The summed E-state index contributed by atoms with van der Waals surface area (Å²) in [7, 11) is 0. The Hall–Kier alpha value is -2.04. The Kier molecular flexibility index (Phi) is 7.69. The van der Waals surface area contributed by atoms with Gasteiger partial charge in [0.05, 0.1) is 5.56 Å². The van der Waals surface area contributed by atoms with Gasteiger partial charge >= 0.3 is 0 Å². The van der Waals surface area contributed by atoms with Crippen molar-refractivity contribution in [1.29, 1.82) is 0 Å². The summed E-state index contributed by atoms with van der Waals surface area (Å²) in [6.45, 7) is 11.9. The molecule has 1 aliphatic rings. The Morgan fingerprint density at radius 2 is 1.74 bits per heavy atom. The van der Waals surface area contributed by atoms with Crippen molar-refractivity contribution in [3.63, 3.8) is 0 Å². The third kappa shape index (κ3) is 5.72. The molecule has 150 valence electrons. The lowest BCUT2D eigenvalue weighted by Crippen LogP contribution is -2.46. The zero-order chi connectivity index (χ0) is 20.0. The second kappa shape index (κ2) is 9.77. The van der Waals surface area contributed by atoms with Crippen LogP contribution in [0.5, 0.6) is 0 Å². The van der Waals surface area contributed by atoms with E-state index in [4.69, 9.17) is 0 Å². The smallest absolute Gasteiger partial charge is 0.253 e. The van der Waals surface area contributed by atoms with Crippen molar-refractivity contribution in [3.8, 4) is 0 Å². The molecule has 2 N–H and O–H groups in total. The van der Waals surface area contributed by atoms with Crippen molar-refractivity contribution in [2.75, 3.05) is 18.0 Å². The van der Waals surface area contributed by atoms with Crippen molar-refractivity contribution in [1.82, 2.24) is 10.6 Å². The number of carbonyl (C=O) groups excluding carboxylic acids is 2. The van der Waals surface area contributed by atoms with Crippen LogP contribution >= 0.6 is 0 Å². The molecular weight excluding hydrogens is 338 g/mol. The minimum absolute atomic E-state index is 0.0148. The van der Waals surface area contributed by atoms with Gasteiger partial charge in [-0.25, -0.2) is 0 Å². The second-order valence-electron chi connectivity index (χ2n) is 8.10. The largest absolute Gasteiger partial charge is 0.371 e. The van der Waals surface area contributed by atoms with E-state index < -0.39 is 0 Å². The standard InChI is InChI=1S/C22H35N3O2/c1-6-16(4)21(26)24-18-11-13-25(14-12-18)20-10-8-7-9-19(20)22(27)23-17(5)15(2)3/h7-10,15-18H,6,11-14H2,1-5H3,(H,23,27)(H,24,26)/t16-,17+/m1/s1. The Morgan fingerprint density at radius 3 is 2.33 bits per heavy atom. The predicted octanol–water partition coefficient (Wildman–Crippen LogP) is 3.59. The predicted molar refractivity (Wildman–Crippen MR) is 111 cm³/mol. The lowest BCUT2D eigenvalue weighted by atomic mass is 10.0. The third-order valence-electron chi connectivity index (χ3n) is 5.75. The van der Waals surface area contributed by atoms with Gasteiger partial charge in [0.2, 0.25) is 5.91 Å². The highest BCUT2D eigenvalue weighted by Gasteiger charge is 2.25. The van der Waals surface area contributed by atoms with Gasteiger partial charge in [-0.3, -0.25) is 9.59 Å². The SMILES string of the molecule is CC[C@@H](C)C(=O)NC1CCN(c2ccccc2C(=O)N[C@@H](C)C(C)C)CC1. The molecule has 1 heterocycles. The van der Waals surface area contributed by atoms with Gasteiger partial charge in [0.15, 0.2) is 0 Å². The average molecular weight is 374 g/mol. The van der Waals surface area contributed by atoms with Gasteiger partial charge in [-0.15, -0.1) is 0 Å². The number of benzene rings is 1. The summed E-state index contributed by atoms with van der Waals surface area (Å²) < 4.78 is 0. The molecule has 0 unspecified atom stereocenters. The number of nitrogens with one attached hydrogen (secondary N) is 2. The van der Waals surface area contributed by atoms with Crippen molar-refractivity contribution < 1.29 is 9.59 Å². The fourth-order valence-corrected chi connectivity index (χ4v) is 3.19. The van der Waals surface area contributed by atoms with E-state index >= 15 is 0 Å². The monoisotopic (exact) mass is 373 g/mol. The third-order valence-corrected chi connectivity index (χ3v) is 5.75. The molecule has 2 amide bonds. The maximum atomic E-state index is 12.7. The molecule has 27 heavy (non-hydrogen) atoms. The number of anilines is 1. The molecule has 0 saturated carbocycles. The molecular formula is C22H35N3O2. The van der Waals surface area contributed by atoms with Crippen LogP contribution in [0.3, 0.4) is 0 Å². The zero-order valence-corrected chi connectivity index (χ0v) is 17.4. The van der Waals surface area contributed by atoms with Crippen LogP contribution in [-0.4, -0.2) is 37.0 Å². The zero-order valence-electron chi connectivity index (χ0n) is 17.4. The van der Waals surface area contributed by atoms with Gasteiger partial charge in [0.1, 0.15) is 0 Å². The van der Waals surface area contributed by atoms with Crippen LogP contribution < -0.4 is 15.5 Å². The molecule has 5 nitrogen and oxygen atoms in total. The van der Waals surface area contributed by atoms with Gasteiger partial charge in [0, 0.05) is 36.8 Å². The van der Waals surface area contributed by atoms with Crippen molar-refractivity contribution in [2.45, 2.75) is 66.0 Å². The van der Waals surface area contributed by atoms with Gasteiger partial charge in [-0.2, -0.15) is 0 Å². The maximum Gasteiger partial charge on any atom is 0.253 e. The topological polar surface area (TPSA) is 61.4 Å². The first kappa shape index (κ1) is 21.3. The fourth-order valence-electron chi connectivity index (χ4n) is 3.19. The minimum atomic E-state index is -0.0148.